The van der Waals surface area contributed by atoms with Crippen molar-refractivity contribution in [3.05, 3.63) is 24.2 Å². The molecule has 1 atom stereocenters. The molecule has 1 aromatic rings. The van der Waals surface area contributed by atoms with Crippen molar-refractivity contribution in [2.75, 3.05) is 33.3 Å². The molecule has 2 rings (SSSR count). The number of likely N-dealkylation sites (tertiary alicyclic amines) is 1. The predicted octanol–water partition coefficient (Wildman–Crippen LogP) is 2.14. The summed E-state index contributed by atoms with van der Waals surface area (Å²) in [5.41, 5.74) is 0. The zero-order valence-electron chi connectivity index (χ0n) is 16.0. The quantitative estimate of drug-likeness (QED) is 0.399. The molecule has 1 aromatic heterocycles. The van der Waals surface area contributed by atoms with Gasteiger partial charge in [-0.2, -0.15) is 0 Å². The van der Waals surface area contributed by atoms with Crippen molar-refractivity contribution < 1.29 is 13.9 Å². The zero-order chi connectivity index (χ0) is 18.6. The normalized spacial score (nSPS) is 18.0. The van der Waals surface area contributed by atoms with Crippen LogP contribution in [-0.2, 0) is 16.1 Å². The summed E-state index contributed by atoms with van der Waals surface area (Å²) >= 11 is 0. The number of carbonyl (C=O) groups is 1. The van der Waals surface area contributed by atoms with Crippen LogP contribution in [0.1, 0.15) is 44.8 Å². The van der Waals surface area contributed by atoms with Gasteiger partial charge in [0, 0.05) is 45.8 Å². The highest BCUT2D eigenvalue weighted by molar-refractivity contribution is 5.81. The Hall–Kier alpha value is -2.02. The lowest BCUT2D eigenvalue weighted by molar-refractivity contribution is -0.134. The second-order valence-corrected chi connectivity index (χ2v) is 6.59. The van der Waals surface area contributed by atoms with Crippen LogP contribution >= 0.6 is 0 Å². The molecule has 2 heterocycles. The van der Waals surface area contributed by atoms with Crippen molar-refractivity contribution in [1.82, 2.24) is 15.5 Å². The number of nitrogens with one attached hydrogen (secondary N) is 2. The molecule has 146 valence electrons. The maximum absolute atomic E-state index is 12.3. The van der Waals surface area contributed by atoms with Crippen LogP contribution in [0.4, 0.5) is 0 Å². The molecule has 0 radical (unpaired) electrons. The Morgan fingerprint density at radius 1 is 1.38 bits per heavy atom. The number of rotatable bonds is 9. The van der Waals surface area contributed by atoms with Crippen LogP contribution in [0.3, 0.4) is 0 Å². The largest absolute Gasteiger partial charge is 0.467 e. The molecule has 26 heavy (non-hydrogen) atoms. The van der Waals surface area contributed by atoms with E-state index < -0.39 is 0 Å². The van der Waals surface area contributed by atoms with E-state index in [9.17, 15) is 4.79 Å². The minimum absolute atomic E-state index is 0.228. The second kappa shape index (κ2) is 11.6. The summed E-state index contributed by atoms with van der Waals surface area (Å²) in [5.74, 6) is 1.78. The third kappa shape index (κ3) is 7.07. The highest BCUT2D eigenvalue weighted by Gasteiger charge is 2.22. The van der Waals surface area contributed by atoms with Gasteiger partial charge in [0.1, 0.15) is 12.4 Å². The summed E-state index contributed by atoms with van der Waals surface area (Å²) in [6.07, 6.45) is 6.47. The summed E-state index contributed by atoms with van der Waals surface area (Å²) in [6, 6.07) is 4.12. The van der Waals surface area contributed by atoms with Gasteiger partial charge in [0.2, 0.25) is 5.91 Å². The molecular weight excluding hydrogens is 332 g/mol. The number of furan rings is 1. The van der Waals surface area contributed by atoms with Crippen molar-refractivity contribution in [3.63, 3.8) is 0 Å². The number of hydrogen-bond acceptors (Lipinski definition) is 4. The van der Waals surface area contributed by atoms with Crippen LogP contribution in [0.25, 0.3) is 0 Å². The lowest BCUT2D eigenvalue weighted by Crippen LogP contribution is -2.44. The summed E-state index contributed by atoms with van der Waals surface area (Å²) < 4.78 is 10.7. The molecule has 0 aliphatic carbocycles. The number of hydrogen-bond donors (Lipinski definition) is 2. The minimum Gasteiger partial charge on any atom is -0.467 e. The molecule has 0 bridgehead atoms. The fourth-order valence-electron chi connectivity index (χ4n) is 3.07. The first-order valence-electron chi connectivity index (χ1n) is 9.55. The molecule has 1 aliphatic heterocycles. The average Bonchev–Trinajstić information content (AvgIpc) is 3.16. The fraction of sp³-hybridized carbons (Fsp3) is 0.684. The van der Waals surface area contributed by atoms with Gasteiger partial charge in [-0.15, -0.1) is 0 Å². The first kappa shape index (κ1) is 20.3. The summed E-state index contributed by atoms with van der Waals surface area (Å²) in [7, 11) is 1.73. The van der Waals surface area contributed by atoms with Crippen molar-refractivity contribution in [2.24, 2.45) is 4.99 Å². The number of guanidine groups is 1. The number of carbonyl (C=O) groups excluding carboxylic acids is 1. The Labute approximate surface area is 156 Å². The van der Waals surface area contributed by atoms with E-state index in [-0.39, 0.29) is 5.91 Å². The molecule has 1 saturated heterocycles. The standard InChI is InChI=1S/C19H32N4O3/c1-16-7-3-4-12-23(16)18(24)9-11-22-19(20-2)21-10-6-13-25-15-17-8-5-14-26-17/h5,8,14,16H,3-4,6-7,9-13,15H2,1-2H3,(H2,20,21,22). The lowest BCUT2D eigenvalue weighted by Gasteiger charge is -2.33. The monoisotopic (exact) mass is 364 g/mol. The van der Waals surface area contributed by atoms with Crippen LogP contribution in [-0.4, -0.2) is 56.1 Å². The van der Waals surface area contributed by atoms with Crippen LogP contribution < -0.4 is 10.6 Å². The van der Waals surface area contributed by atoms with Gasteiger partial charge in [0.25, 0.3) is 0 Å². The molecule has 1 amide bonds. The molecule has 7 heteroatoms. The van der Waals surface area contributed by atoms with Gasteiger partial charge < -0.3 is 24.7 Å². The van der Waals surface area contributed by atoms with Gasteiger partial charge in [-0.25, -0.2) is 0 Å². The highest BCUT2D eigenvalue weighted by Crippen LogP contribution is 2.16. The molecule has 0 spiro atoms. The second-order valence-electron chi connectivity index (χ2n) is 6.59. The Morgan fingerprint density at radius 2 is 2.23 bits per heavy atom. The third-order valence-electron chi connectivity index (χ3n) is 4.56. The number of aliphatic imine (C=N–C) groups is 1. The molecule has 2 N–H and O–H groups in total. The Balaban J connectivity index is 1.52. The Bertz CT molecular complexity index is 545. The van der Waals surface area contributed by atoms with Gasteiger partial charge in [-0.05, 0) is 44.7 Å². The molecule has 0 saturated carbocycles. The predicted molar refractivity (Wildman–Crippen MR) is 102 cm³/mol. The highest BCUT2D eigenvalue weighted by atomic mass is 16.5. The maximum Gasteiger partial charge on any atom is 0.224 e. The Kier molecular flexibility index (Phi) is 9.03. The first-order valence-corrected chi connectivity index (χ1v) is 9.55. The van der Waals surface area contributed by atoms with Crippen molar-refractivity contribution in [3.8, 4) is 0 Å². The summed E-state index contributed by atoms with van der Waals surface area (Å²) in [4.78, 5) is 18.5. The minimum atomic E-state index is 0.228. The van der Waals surface area contributed by atoms with E-state index >= 15 is 0 Å². The third-order valence-corrected chi connectivity index (χ3v) is 4.56. The van der Waals surface area contributed by atoms with Crippen molar-refractivity contribution >= 4 is 11.9 Å². The Morgan fingerprint density at radius 3 is 2.96 bits per heavy atom. The van der Waals surface area contributed by atoms with Crippen LogP contribution in [0.2, 0.25) is 0 Å². The molecule has 0 aromatic carbocycles. The number of ether oxygens (including phenoxy) is 1. The van der Waals surface area contributed by atoms with E-state index in [0.29, 0.717) is 32.2 Å². The van der Waals surface area contributed by atoms with E-state index in [1.165, 1.54) is 6.42 Å². The van der Waals surface area contributed by atoms with Gasteiger partial charge >= 0.3 is 0 Å². The first-order chi connectivity index (χ1) is 12.7. The fourth-order valence-corrected chi connectivity index (χ4v) is 3.07. The zero-order valence-corrected chi connectivity index (χ0v) is 16.0. The van der Waals surface area contributed by atoms with E-state index in [1.807, 2.05) is 17.0 Å². The molecule has 1 unspecified atom stereocenters. The molecular formula is C19H32N4O3. The average molecular weight is 364 g/mol. The summed E-state index contributed by atoms with van der Waals surface area (Å²) in [6.45, 7) is 5.53. The van der Waals surface area contributed by atoms with Crippen LogP contribution in [0.5, 0.6) is 0 Å². The topological polar surface area (TPSA) is 79.1 Å². The number of amides is 1. The van der Waals surface area contributed by atoms with Crippen LogP contribution in [0.15, 0.2) is 27.8 Å². The van der Waals surface area contributed by atoms with Crippen LogP contribution in [0, 0.1) is 0 Å². The van der Waals surface area contributed by atoms with Crippen molar-refractivity contribution in [2.45, 2.75) is 51.7 Å². The lowest BCUT2D eigenvalue weighted by atomic mass is 10.0. The SMILES string of the molecule is CN=C(NCCCOCc1ccco1)NCCC(=O)N1CCCCC1C. The van der Waals surface area contributed by atoms with E-state index in [0.717, 1.165) is 44.1 Å². The molecule has 7 nitrogen and oxygen atoms in total. The van der Waals surface area contributed by atoms with E-state index in [2.05, 4.69) is 22.5 Å². The van der Waals surface area contributed by atoms with Gasteiger partial charge in [-0.1, -0.05) is 0 Å². The van der Waals surface area contributed by atoms with E-state index in [4.69, 9.17) is 9.15 Å². The number of piperidine rings is 1. The smallest absolute Gasteiger partial charge is 0.224 e. The van der Waals surface area contributed by atoms with Crippen molar-refractivity contribution in [1.29, 1.82) is 0 Å². The summed E-state index contributed by atoms with van der Waals surface area (Å²) in [5, 5.41) is 6.44. The van der Waals surface area contributed by atoms with Gasteiger partial charge in [0.05, 0.1) is 6.26 Å². The van der Waals surface area contributed by atoms with Gasteiger partial charge in [0.15, 0.2) is 5.96 Å². The molecule has 1 aliphatic rings. The van der Waals surface area contributed by atoms with E-state index in [1.54, 1.807) is 13.3 Å². The maximum atomic E-state index is 12.3. The number of nitrogens with zero attached hydrogens (tertiary/aromatic N) is 2. The molecule has 1 fully saturated rings. The van der Waals surface area contributed by atoms with Gasteiger partial charge in [-0.3, -0.25) is 9.79 Å².